The highest BCUT2D eigenvalue weighted by atomic mass is 16.4. The van der Waals surface area contributed by atoms with Crippen LogP contribution in [0.5, 0.6) is 0 Å². The SMILES string of the molecule is CC1CC1C(=O)Nc1ccc(C(=O)NC(c2ccccc2)C(C)C(=O)O)cc1. The van der Waals surface area contributed by atoms with Gasteiger partial charge in [0.25, 0.3) is 5.91 Å². The van der Waals surface area contributed by atoms with E-state index in [1.165, 1.54) is 0 Å². The van der Waals surface area contributed by atoms with Crippen LogP contribution < -0.4 is 10.6 Å². The average molecular weight is 380 g/mol. The third-order valence-corrected chi connectivity index (χ3v) is 5.20. The second-order valence-corrected chi connectivity index (χ2v) is 7.37. The maximum atomic E-state index is 12.7. The van der Waals surface area contributed by atoms with Crippen LogP contribution in [0.15, 0.2) is 54.6 Å². The van der Waals surface area contributed by atoms with Crippen LogP contribution in [0.3, 0.4) is 0 Å². The number of rotatable bonds is 7. The summed E-state index contributed by atoms with van der Waals surface area (Å²) in [4.78, 5) is 36.1. The highest BCUT2D eigenvalue weighted by molar-refractivity contribution is 5.97. The molecule has 0 heterocycles. The number of amides is 2. The normalized spacial score (nSPS) is 19.9. The standard InChI is InChI=1S/C22H24N2O4/c1-13-12-18(13)21(26)23-17-10-8-16(9-11-17)20(25)24-19(14(2)22(27)28)15-6-4-3-5-7-15/h3-11,13-14,18-19H,12H2,1-2H3,(H,23,26)(H,24,25)(H,27,28). The van der Waals surface area contributed by atoms with Crippen LogP contribution in [0.2, 0.25) is 0 Å². The Morgan fingerprint density at radius 3 is 2.18 bits per heavy atom. The van der Waals surface area contributed by atoms with Gasteiger partial charge in [-0.1, -0.05) is 37.3 Å². The van der Waals surface area contributed by atoms with Gasteiger partial charge in [-0.05, 0) is 49.1 Å². The molecule has 3 rings (SSSR count). The van der Waals surface area contributed by atoms with Crippen molar-refractivity contribution in [1.82, 2.24) is 5.32 Å². The first-order valence-corrected chi connectivity index (χ1v) is 9.36. The Morgan fingerprint density at radius 1 is 1.04 bits per heavy atom. The van der Waals surface area contributed by atoms with E-state index in [4.69, 9.17) is 0 Å². The van der Waals surface area contributed by atoms with Gasteiger partial charge in [0.2, 0.25) is 5.91 Å². The molecule has 0 radical (unpaired) electrons. The van der Waals surface area contributed by atoms with Crippen molar-refractivity contribution >= 4 is 23.5 Å². The van der Waals surface area contributed by atoms with Crippen LogP contribution in [-0.2, 0) is 9.59 Å². The summed E-state index contributed by atoms with van der Waals surface area (Å²) in [6, 6.07) is 15.0. The Hall–Kier alpha value is -3.15. The Kier molecular flexibility index (Phi) is 5.78. The molecule has 28 heavy (non-hydrogen) atoms. The van der Waals surface area contributed by atoms with Gasteiger partial charge in [-0.3, -0.25) is 14.4 Å². The van der Waals surface area contributed by atoms with Crippen LogP contribution >= 0.6 is 0 Å². The summed E-state index contributed by atoms with van der Waals surface area (Å²) in [7, 11) is 0. The number of benzene rings is 2. The van der Waals surface area contributed by atoms with Gasteiger partial charge in [0, 0.05) is 17.2 Å². The van der Waals surface area contributed by atoms with E-state index in [0.717, 1.165) is 12.0 Å². The summed E-state index contributed by atoms with van der Waals surface area (Å²) in [6.45, 7) is 3.61. The van der Waals surface area contributed by atoms with E-state index in [1.807, 2.05) is 13.0 Å². The van der Waals surface area contributed by atoms with Crippen molar-refractivity contribution in [2.75, 3.05) is 5.32 Å². The van der Waals surface area contributed by atoms with Crippen molar-refractivity contribution in [1.29, 1.82) is 0 Å². The van der Waals surface area contributed by atoms with Crippen LogP contribution in [0.25, 0.3) is 0 Å². The van der Waals surface area contributed by atoms with Crippen LogP contribution in [0.4, 0.5) is 5.69 Å². The predicted octanol–water partition coefficient (Wildman–Crippen LogP) is 3.47. The summed E-state index contributed by atoms with van der Waals surface area (Å²) < 4.78 is 0. The highest BCUT2D eigenvalue weighted by Gasteiger charge is 2.39. The lowest BCUT2D eigenvalue weighted by molar-refractivity contribution is -0.142. The van der Waals surface area contributed by atoms with E-state index in [-0.39, 0.29) is 17.7 Å². The van der Waals surface area contributed by atoms with E-state index in [2.05, 4.69) is 10.6 Å². The predicted molar refractivity (Wildman–Crippen MR) is 106 cm³/mol. The van der Waals surface area contributed by atoms with Crippen molar-refractivity contribution in [3.8, 4) is 0 Å². The molecular formula is C22H24N2O4. The second kappa shape index (κ2) is 8.25. The first-order chi connectivity index (χ1) is 13.4. The largest absolute Gasteiger partial charge is 0.481 e. The van der Waals surface area contributed by atoms with E-state index in [0.29, 0.717) is 17.2 Å². The van der Waals surface area contributed by atoms with Gasteiger partial charge in [-0.15, -0.1) is 0 Å². The topological polar surface area (TPSA) is 95.5 Å². The zero-order valence-electron chi connectivity index (χ0n) is 15.9. The van der Waals surface area contributed by atoms with Crippen molar-refractivity contribution < 1.29 is 19.5 Å². The molecule has 1 aliphatic carbocycles. The van der Waals surface area contributed by atoms with Gasteiger partial charge in [0.05, 0.1) is 12.0 Å². The fourth-order valence-corrected chi connectivity index (χ4v) is 3.15. The number of anilines is 1. The number of carbonyl (C=O) groups is 3. The number of carbonyl (C=O) groups excluding carboxylic acids is 2. The fourth-order valence-electron chi connectivity index (χ4n) is 3.15. The third-order valence-electron chi connectivity index (χ3n) is 5.20. The summed E-state index contributed by atoms with van der Waals surface area (Å²) in [6.07, 6.45) is 0.912. The quantitative estimate of drug-likeness (QED) is 0.685. The lowest BCUT2D eigenvalue weighted by atomic mass is 9.94. The Morgan fingerprint density at radius 2 is 1.64 bits per heavy atom. The van der Waals surface area contributed by atoms with Crippen LogP contribution in [-0.4, -0.2) is 22.9 Å². The molecule has 1 saturated carbocycles. The van der Waals surface area contributed by atoms with Gasteiger partial charge in [0.1, 0.15) is 0 Å². The molecule has 146 valence electrons. The molecule has 6 heteroatoms. The Bertz CT molecular complexity index is 864. The molecule has 0 saturated heterocycles. The fraction of sp³-hybridized carbons (Fsp3) is 0.318. The van der Waals surface area contributed by atoms with Crippen molar-refractivity contribution in [2.45, 2.75) is 26.3 Å². The molecule has 2 aromatic rings. The van der Waals surface area contributed by atoms with Gasteiger partial charge in [-0.2, -0.15) is 0 Å². The van der Waals surface area contributed by atoms with E-state index in [9.17, 15) is 19.5 Å². The first kappa shape index (κ1) is 19.6. The van der Waals surface area contributed by atoms with Crippen LogP contribution in [0, 0.1) is 17.8 Å². The van der Waals surface area contributed by atoms with Gasteiger partial charge in [0.15, 0.2) is 0 Å². The number of hydrogen-bond acceptors (Lipinski definition) is 3. The smallest absolute Gasteiger partial charge is 0.308 e. The molecule has 1 fully saturated rings. The maximum absolute atomic E-state index is 12.7. The molecule has 6 nitrogen and oxygen atoms in total. The zero-order chi connectivity index (χ0) is 20.3. The Balaban J connectivity index is 1.69. The summed E-state index contributed by atoms with van der Waals surface area (Å²) in [5, 5.41) is 15.1. The average Bonchev–Trinajstić information content (AvgIpc) is 3.43. The number of carboxylic acid groups (broad SMARTS) is 1. The molecule has 2 amide bonds. The van der Waals surface area contributed by atoms with E-state index in [1.54, 1.807) is 55.5 Å². The highest BCUT2D eigenvalue weighted by Crippen LogP contribution is 2.38. The van der Waals surface area contributed by atoms with Gasteiger partial charge < -0.3 is 15.7 Å². The van der Waals surface area contributed by atoms with Gasteiger partial charge >= 0.3 is 5.97 Å². The number of nitrogens with one attached hydrogen (secondary N) is 2. The molecule has 0 aliphatic heterocycles. The Labute approximate surface area is 164 Å². The van der Waals surface area contributed by atoms with Crippen molar-refractivity contribution in [3.63, 3.8) is 0 Å². The summed E-state index contributed by atoms with van der Waals surface area (Å²) >= 11 is 0. The molecular weight excluding hydrogens is 356 g/mol. The number of carboxylic acids is 1. The minimum Gasteiger partial charge on any atom is -0.481 e. The second-order valence-electron chi connectivity index (χ2n) is 7.37. The maximum Gasteiger partial charge on any atom is 0.308 e. The molecule has 0 bridgehead atoms. The monoisotopic (exact) mass is 380 g/mol. The minimum absolute atomic E-state index is 0.00382. The van der Waals surface area contributed by atoms with Crippen LogP contribution in [0.1, 0.15) is 42.2 Å². The molecule has 0 aromatic heterocycles. The molecule has 4 unspecified atom stereocenters. The molecule has 0 spiro atoms. The summed E-state index contributed by atoms with van der Waals surface area (Å²) in [5.41, 5.74) is 1.77. The lowest BCUT2D eigenvalue weighted by Gasteiger charge is -2.23. The molecule has 3 N–H and O–H groups in total. The number of hydrogen-bond donors (Lipinski definition) is 3. The van der Waals surface area contributed by atoms with Crippen molar-refractivity contribution in [2.24, 2.45) is 17.8 Å². The lowest BCUT2D eigenvalue weighted by Crippen LogP contribution is -2.35. The van der Waals surface area contributed by atoms with Gasteiger partial charge in [-0.25, -0.2) is 0 Å². The zero-order valence-corrected chi connectivity index (χ0v) is 15.9. The third kappa shape index (κ3) is 4.57. The molecule has 2 aromatic carbocycles. The summed E-state index contributed by atoms with van der Waals surface area (Å²) in [5.74, 6) is -1.63. The molecule has 1 aliphatic rings. The van der Waals surface area contributed by atoms with Crippen molar-refractivity contribution in [3.05, 3.63) is 65.7 Å². The molecule has 4 atom stereocenters. The van der Waals surface area contributed by atoms with E-state index < -0.39 is 17.9 Å². The minimum atomic E-state index is -0.985. The van der Waals surface area contributed by atoms with E-state index >= 15 is 0 Å². The number of aliphatic carboxylic acids is 1. The first-order valence-electron chi connectivity index (χ1n) is 9.36.